The molecule has 0 fully saturated rings. The van der Waals surface area contributed by atoms with Crippen LogP contribution >= 0.6 is 0 Å². The fraction of sp³-hybridized carbons (Fsp3) is 0.318. The normalized spacial score (nSPS) is 12.4. The fourth-order valence-corrected chi connectivity index (χ4v) is 4.28. The number of aromatic nitrogens is 3. The molecule has 0 aliphatic carbocycles. The Morgan fingerprint density at radius 2 is 1.94 bits per heavy atom. The maximum Gasteiger partial charge on any atom is 0.323 e. The van der Waals surface area contributed by atoms with Gasteiger partial charge in [0.2, 0.25) is 11.3 Å². The minimum atomic E-state index is -3.49. The molecule has 0 saturated heterocycles. The van der Waals surface area contributed by atoms with Crippen LogP contribution in [0.2, 0.25) is 0 Å². The van der Waals surface area contributed by atoms with Gasteiger partial charge < -0.3 is 14.0 Å². The maximum atomic E-state index is 14.4. The van der Waals surface area contributed by atoms with Crippen LogP contribution in [0.4, 0.5) is 4.39 Å². The Labute approximate surface area is 185 Å². The summed E-state index contributed by atoms with van der Waals surface area (Å²) in [4.78, 5) is 20.3. The van der Waals surface area contributed by atoms with Gasteiger partial charge >= 0.3 is 6.01 Å². The molecule has 0 saturated carbocycles. The van der Waals surface area contributed by atoms with Gasteiger partial charge in [0, 0.05) is 24.9 Å². The van der Waals surface area contributed by atoms with E-state index in [0.717, 1.165) is 0 Å². The number of rotatable bonds is 8. The van der Waals surface area contributed by atoms with Crippen molar-refractivity contribution in [3.63, 3.8) is 0 Å². The summed E-state index contributed by atoms with van der Waals surface area (Å²) in [5.41, 5.74) is 0.849. The SMILES string of the molecule is CC[C@@H](C)S(=O)(=O)Cc1cc(-c2ccc(=O)n(C)c2)nc(Oc2c(F)cccc2OC)n1. The quantitative estimate of drug-likeness (QED) is 0.506. The standard InChI is InChI=1S/C22H24FN3O5S/c1-5-14(2)32(28,29)13-16-11-18(15-9-10-20(27)26(3)12-15)25-22(24-16)31-21-17(23)7-6-8-19(21)30-4/h6-12,14H,5,13H2,1-4H3/t14-/m1/s1. The van der Waals surface area contributed by atoms with Crippen LogP contribution in [0.25, 0.3) is 11.3 Å². The molecule has 0 bridgehead atoms. The van der Waals surface area contributed by atoms with Gasteiger partial charge in [-0.25, -0.2) is 12.8 Å². The summed E-state index contributed by atoms with van der Waals surface area (Å²) in [5, 5.41) is -0.561. The second kappa shape index (κ2) is 9.47. The third kappa shape index (κ3) is 5.13. The van der Waals surface area contributed by atoms with Crippen LogP contribution in [-0.2, 0) is 22.6 Å². The molecule has 2 heterocycles. The number of ether oxygens (including phenoxy) is 2. The van der Waals surface area contributed by atoms with Crippen molar-refractivity contribution in [1.82, 2.24) is 14.5 Å². The lowest BCUT2D eigenvalue weighted by Crippen LogP contribution is -2.19. The Balaban J connectivity index is 2.12. The summed E-state index contributed by atoms with van der Waals surface area (Å²) in [6.07, 6.45) is 2.02. The average molecular weight is 462 g/mol. The maximum absolute atomic E-state index is 14.4. The molecule has 1 aromatic carbocycles. The van der Waals surface area contributed by atoms with E-state index in [4.69, 9.17) is 9.47 Å². The molecule has 3 aromatic rings. The Hall–Kier alpha value is -3.27. The summed E-state index contributed by atoms with van der Waals surface area (Å²) in [7, 11) is -0.533. The topological polar surface area (TPSA) is 100 Å². The third-order valence-electron chi connectivity index (χ3n) is 5.02. The van der Waals surface area contributed by atoms with Crippen LogP contribution in [0.1, 0.15) is 26.0 Å². The van der Waals surface area contributed by atoms with Gasteiger partial charge in [0.15, 0.2) is 21.4 Å². The van der Waals surface area contributed by atoms with Gasteiger partial charge in [-0.05, 0) is 37.6 Å². The van der Waals surface area contributed by atoms with Crippen molar-refractivity contribution >= 4 is 9.84 Å². The van der Waals surface area contributed by atoms with E-state index in [1.807, 2.05) is 0 Å². The number of aryl methyl sites for hydroxylation is 1. The van der Waals surface area contributed by atoms with Crippen LogP contribution in [0.5, 0.6) is 17.5 Å². The van der Waals surface area contributed by atoms with Gasteiger partial charge in [0.05, 0.1) is 29.5 Å². The molecule has 32 heavy (non-hydrogen) atoms. The van der Waals surface area contributed by atoms with Crippen molar-refractivity contribution < 1.29 is 22.3 Å². The molecule has 0 radical (unpaired) electrons. The molecule has 0 N–H and O–H groups in total. The average Bonchev–Trinajstić information content (AvgIpc) is 2.75. The van der Waals surface area contributed by atoms with Crippen LogP contribution in [-0.4, -0.2) is 35.3 Å². The Morgan fingerprint density at radius 1 is 1.19 bits per heavy atom. The van der Waals surface area contributed by atoms with E-state index < -0.39 is 20.9 Å². The van der Waals surface area contributed by atoms with Crippen molar-refractivity contribution in [2.45, 2.75) is 31.3 Å². The van der Waals surface area contributed by atoms with Gasteiger partial charge in [-0.15, -0.1) is 0 Å². The molecule has 0 unspecified atom stereocenters. The molecule has 8 nitrogen and oxygen atoms in total. The highest BCUT2D eigenvalue weighted by Crippen LogP contribution is 2.33. The summed E-state index contributed by atoms with van der Waals surface area (Å²) < 4.78 is 51.8. The highest BCUT2D eigenvalue weighted by atomic mass is 32.2. The predicted molar refractivity (Wildman–Crippen MR) is 118 cm³/mol. The molecule has 170 valence electrons. The van der Waals surface area contributed by atoms with Crippen molar-refractivity contribution in [2.75, 3.05) is 7.11 Å². The highest BCUT2D eigenvalue weighted by Gasteiger charge is 2.22. The number of hydrogen-bond donors (Lipinski definition) is 0. The van der Waals surface area contributed by atoms with Crippen LogP contribution in [0, 0.1) is 5.82 Å². The van der Waals surface area contributed by atoms with Gasteiger partial charge in [0.1, 0.15) is 0 Å². The third-order valence-corrected chi connectivity index (χ3v) is 7.28. The van der Waals surface area contributed by atoms with E-state index in [2.05, 4.69) is 9.97 Å². The van der Waals surface area contributed by atoms with Crippen LogP contribution < -0.4 is 15.0 Å². The van der Waals surface area contributed by atoms with E-state index in [-0.39, 0.29) is 34.5 Å². The summed E-state index contributed by atoms with van der Waals surface area (Å²) in [6.45, 7) is 3.42. The Morgan fingerprint density at radius 3 is 2.59 bits per heavy atom. The van der Waals surface area contributed by atoms with E-state index in [0.29, 0.717) is 17.7 Å². The highest BCUT2D eigenvalue weighted by molar-refractivity contribution is 7.91. The summed E-state index contributed by atoms with van der Waals surface area (Å²) >= 11 is 0. The van der Waals surface area contributed by atoms with Crippen LogP contribution in [0.3, 0.4) is 0 Å². The first-order valence-electron chi connectivity index (χ1n) is 9.91. The van der Waals surface area contributed by atoms with Gasteiger partial charge in [0.25, 0.3) is 0 Å². The second-order valence-electron chi connectivity index (χ2n) is 7.29. The van der Waals surface area contributed by atoms with Gasteiger partial charge in [-0.3, -0.25) is 4.79 Å². The number of hydrogen-bond acceptors (Lipinski definition) is 7. The molecular weight excluding hydrogens is 437 g/mol. The fourth-order valence-electron chi connectivity index (χ4n) is 2.93. The first kappa shape index (κ1) is 23.4. The first-order valence-corrected chi connectivity index (χ1v) is 11.6. The zero-order chi connectivity index (χ0) is 23.5. The number of halogens is 1. The largest absolute Gasteiger partial charge is 0.493 e. The van der Waals surface area contributed by atoms with Crippen molar-refractivity contribution in [3.05, 3.63) is 64.5 Å². The Kier molecular flexibility index (Phi) is 6.93. The van der Waals surface area contributed by atoms with E-state index in [1.54, 1.807) is 33.2 Å². The Bertz CT molecular complexity index is 1290. The minimum Gasteiger partial charge on any atom is -0.493 e. The molecular formula is C22H24FN3O5S. The predicted octanol–water partition coefficient (Wildman–Crippen LogP) is 3.50. The molecule has 1 atom stereocenters. The number of sulfone groups is 1. The van der Waals surface area contributed by atoms with Gasteiger partial charge in [-0.2, -0.15) is 9.97 Å². The molecule has 2 aromatic heterocycles. The first-order chi connectivity index (χ1) is 15.1. The zero-order valence-corrected chi connectivity index (χ0v) is 19.0. The van der Waals surface area contributed by atoms with E-state index >= 15 is 0 Å². The monoisotopic (exact) mass is 461 g/mol. The number of nitrogens with zero attached hydrogens (tertiary/aromatic N) is 3. The number of benzene rings is 1. The zero-order valence-electron chi connectivity index (χ0n) is 18.2. The molecule has 3 rings (SSSR count). The lowest BCUT2D eigenvalue weighted by atomic mass is 10.2. The van der Waals surface area contributed by atoms with Crippen molar-refractivity contribution in [3.8, 4) is 28.8 Å². The summed E-state index contributed by atoms with van der Waals surface area (Å²) in [6, 6.07) is 8.39. The lowest BCUT2D eigenvalue weighted by molar-refractivity contribution is 0.351. The molecule has 10 heteroatoms. The molecule has 0 spiro atoms. The summed E-state index contributed by atoms with van der Waals surface area (Å²) in [5.74, 6) is -1.11. The lowest BCUT2D eigenvalue weighted by Gasteiger charge is -2.14. The van der Waals surface area contributed by atoms with Crippen molar-refractivity contribution in [2.24, 2.45) is 7.05 Å². The molecule has 0 aliphatic rings. The van der Waals surface area contributed by atoms with Crippen LogP contribution in [0.15, 0.2) is 47.4 Å². The smallest absolute Gasteiger partial charge is 0.323 e. The second-order valence-corrected chi connectivity index (χ2v) is 9.71. The minimum absolute atomic E-state index is 0.134. The number of pyridine rings is 1. The van der Waals surface area contributed by atoms with Crippen molar-refractivity contribution in [1.29, 1.82) is 0 Å². The number of para-hydroxylation sites is 1. The molecule has 0 aliphatic heterocycles. The van der Waals surface area contributed by atoms with Gasteiger partial charge in [-0.1, -0.05) is 13.0 Å². The number of methoxy groups -OCH3 is 1. The van der Waals surface area contributed by atoms with E-state index in [9.17, 15) is 17.6 Å². The molecule has 0 amide bonds. The van der Waals surface area contributed by atoms with E-state index in [1.165, 1.54) is 42.0 Å².